The smallest absolute Gasteiger partial charge is 0.255 e. The third kappa shape index (κ3) is 4.27. The maximum Gasteiger partial charge on any atom is 0.255 e. The molecule has 4 rings (SSSR count). The molecule has 2 N–H and O–H groups in total. The number of nitrogens with zero attached hydrogens (tertiary/aromatic N) is 4. The summed E-state index contributed by atoms with van der Waals surface area (Å²) in [6, 6.07) is 10.7. The van der Waals surface area contributed by atoms with Crippen LogP contribution >= 0.6 is 11.8 Å². The predicted octanol–water partition coefficient (Wildman–Crippen LogP) is 4.11. The van der Waals surface area contributed by atoms with Gasteiger partial charge in [-0.2, -0.15) is 4.98 Å². The fourth-order valence-electron chi connectivity index (χ4n) is 3.50. The lowest BCUT2D eigenvalue weighted by Crippen LogP contribution is -2.31. The summed E-state index contributed by atoms with van der Waals surface area (Å²) in [7, 11) is 0. The van der Waals surface area contributed by atoms with Crippen LogP contribution in [0.1, 0.15) is 32.4 Å². The number of para-hydroxylation sites is 2. The van der Waals surface area contributed by atoms with E-state index in [1.807, 2.05) is 50.2 Å². The number of allylic oxidation sites excluding steroid dienone is 1. The predicted molar refractivity (Wildman–Crippen MR) is 121 cm³/mol. The summed E-state index contributed by atoms with van der Waals surface area (Å²) in [6.07, 6.45) is 3.46. The van der Waals surface area contributed by atoms with Gasteiger partial charge in [0.05, 0.1) is 17.9 Å². The average molecular weight is 437 g/mol. The monoisotopic (exact) mass is 436 g/mol. The Morgan fingerprint density at radius 2 is 2.10 bits per heavy atom. The van der Waals surface area contributed by atoms with Crippen molar-refractivity contribution in [2.45, 2.75) is 32.0 Å². The molecule has 1 aliphatic heterocycles. The van der Waals surface area contributed by atoms with Gasteiger partial charge in [0.25, 0.3) is 5.91 Å². The molecule has 0 fully saturated rings. The van der Waals surface area contributed by atoms with Crippen LogP contribution < -0.4 is 15.4 Å². The van der Waals surface area contributed by atoms with E-state index >= 15 is 0 Å². The quantitative estimate of drug-likeness (QED) is 0.538. The topological polar surface area (TPSA) is 94.0 Å². The highest BCUT2D eigenvalue weighted by Gasteiger charge is 2.34. The summed E-state index contributed by atoms with van der Waals surface area (Å²) in [5.74, 6) is 1.85. The second kappa shape index (κ2) is 9.22. The first kappa shape index (κ1) is 20.9. The standard InChI is InChI=1S/C22H24N6O2S/c1-4-30-17-11-7-6-10-16(17)25-20(29)18-14(3)24-21-26-22(31-5-2)27-28(21)19(18)15-9-8-12-23-13-15/h6-13,19H,4-5H2,1-3H3,(H,25,29)(H,24,26,27)/t19-/m1/s1. The lowest BCUT2D eigenvalue weighted by molar-refractivity contribution is -0.113. The van der Waals surface area contributed by atoms with E-state index in [1.165, 1.54) is 0 Å². The number of amides is 1. The minimum absolute atomic E-state index is 0.239. The van der Waals surface area contributed by atoms with Gasteiger partial charge in [-0.05, 0) is 43.4 Å². The van der Waals surface area contributed by atoms with Gasteiger partial charge in [0.15, 0.2) is 0 Å². The van der Waals surface area contributed by atoms with Crippen molar-refractivity contribution >= 4 is 29.3 Å². The number of thioether (sulfide) groups is 1. The van der Waals surface area contributed by atoms with Crippen molar-refractivity contribution in [3.05, 3.63) is 65.6 Å². The fourth-order valence-corrected chi connectivity index (χ4v) is 4.06. The number of carbonyl (C=O) groups excluding carboxylic acids is 1. The normalized spacial score (nSPS) is 15.3. The lowest BCUT2D eigenvalue weighted by Gasteiger charge is -2.28. The van der Waals surface area contributed by atoms with Gasteiger partial charge < -0.3 is 15.4 Å². The molecule has 1 atom stereocenters. The summed E-state index contributed by atoms with van der Waals surface area (Å²) in [4.78, 5) is 22.3. The van der Waals surface area contributed by atoms with Crippen LogP contribution in [0.4, 0.5) is 11.6 Å². The molecular weight excluding hydrogens is 412 g/mol. The van der Waals surface area contributed by atoms with Crippen LogP contribution in [0, 0.1) is 0 Å². The van der Waals surface area contributed by atoms with E-state index in [1.54, 1.807) is 28.8 Å². The maximum atomic E-state index is 13.5. The third-order valence-electron chi connectivity index (χ3n) is 4.79. The third-order valence-corrected chi connectivity index (χ3v) is 5.51. The molecular formula is C22H24N6O2S. The average Bonchev–Trinajstić information content (AvgIpc) is 3.17. The highest BCUT2D eigenvalue weighted by molar-refractivity contribution is 7.99. The van der Waals surface area contributed by atoms with Crippen molar-refractivity contribution < 1.29 is 9.53 Å². The molecule has 0 spiro atoms. The highest BCUT2D eigenvalue weighted by Crippen LogP contribution is 2.37. The number of ether oxygens (including phenoxy) is 1. The first-order valence-electron chi connectivity index (χ1n) is 10.1. The molecule has 0 unspecified atom stereocenters. The molecule has 0 saturated heterocycles. The number of benzene rings is 1. The number of hydrogen-bond donors (Lipinski definition) is 2. The van der Waals surface area contributed by atoms with Gasteiger partial charge in [-0.15, -0.1) is 5.10 Å². The molecule has 8 nitrogen and oxygen atoms in total. The van der Waals surface area contributed by atoms with Crippen LogP contribution in [0.5, 0.6) is 5.75 Å². The molecule has 1 amide bonds. The number of carbonyl (C=O) groups is 1. The van der Waals surface area contributed by atoms with Gasteiger partial charge >= 0.3 is 0 Å². The summed E-state index contributed by atoms with van der Waals surface area (Å²) in [5, 5.41) is 11.6. The van der Waals surface area contributed by atoms with E-state index in [-0.39, 0.29) is 5.91 Å². The van der Waals surface area contributed by atoms with Crippen LogP contribution in [0.15, 0.2) is 65.2 Å². The molecule has 0 aliphatic carbocycles. The Bertz CT molecular complexity index is 1110. The van der Waals surface area contributed by atoms with E-state index in [9.17, 15) is 4.79 Å². The minimum Gasteiger partial charge on any atom is -0.492 e. The largest absolute Gasteiger partial charge is 0.492 e. The van der Waals surface area contributed by atoms with Crippen LogP contribution in [0.25, 0.3) is 0 Å². The van der Waals surface area contributed by atoms with Crippen molar-refractivity contribution in [2.75, 3.05) is 23.0 Å². The Labute approximate surface area is 185 Å². The van der Waals surface area contributed by atoms with Crippen molar-refractivity contribution in [2.24, 2.45) is 0 Å². The first-order chi connectivity index (χ1) is 15.1. The molecule has 0 bridgehead atoms. The number of anilines is 2. The van der Waals surface area contributed by atoms with Gasteiger partial charge in [0.2, 0.25) is 11.1 Å². The SMILES string of the molecule is CCOc1ccccc1NC(=O)C1=C(C)Nc2nc(SCC)nn2[C@@H]1c1cccnc1. The number of nitrogens with one attached hydrogen (secondary N) is 2. The molecule has 3 aromatic rings. The number of fused-ring (bicyclic) bond motifs is 1. The van der Waals surface area contributed by atoms with Gasteiger partial charge in [-0.1, -0.05) is 36.9 Å². The van der Waals surface area contributed by atoms with E-state index in [0.717, 1.165) is 11.3 Å². The van der Waals surface area contributed by atoms with Crippen LogP contribution in [0.3, 0.4) is 0 Å². The molecule has 2 aromatic heterocycles. The second-order valence-corrected chi connectivity index (χ2v) is 8.06. The molecule has 31 heavy (non-hydrogen) atoms. The van der Waals surface area contributed by atoms with Gasteiger partial charge in [0.1, 0.15) is 11.8 Å². The van der Waals surface area contributed by atoms with E-state index in [2.05, 4.69) is 32.6 Å². The van der Waals surface area contributed by atoms with Gasteiger partial charge in [0, 0.05) is 18.1 Å². The zero-order valence-electron chi connectivity index (χ0n) is 17.6. The number of aromatic nitrogens is 4. The summed E-state index contributed by atoms with van der Waals surface area (Å²) < 4.78 is 7.42. The van der Waals surface area contributed by atoms with Gasteiger partial charge in [-0.3, -0.25) is 9.78 Å². The maximum absolute atomic E-state index is 13.5. The number of pyridine rings is 1. The Morgan fingerprint density at radius 3 is 2.84 bits per heavy atom. The van der Waals surface area contributed by atoms with Crippen molar-refractivity contribution in [1.82, 2.24) is 19.7 Å². The number of rotatable bonds is 7. The lowest BCUT2D eigenvalue weighted by atomic mass is 9.96. The Kier molecular flexibility index (Phi) is 6.22. The van der Waals surface area contributed by atoms with E-state index in [4.69, 9.17) is 4.74 Å². The van der Waals surface area contributed by atoms with Crippen LogP contribution in [-0.4, -0.2) is 38.0 Å². The van der Waals surface area contributed by atoms with Crippen LogP contribution in [0.2, 0.25) is 0 Å². The van der Waals surface area contributed by atoms with Crippen molar-refractivity contribution in [1.29, 1.82) is 0 Å². The zero-order chi connectivity index (χ0) is 21.8. The second-order valence-electron chi connectivity index (χ2n) is 6.83. The Balaban J connectivity index is 1.75. The summed E-state index contributed by atoms with van der Waals surface area (Å²) in [6.45, 7) is 6.34. The molecule has 0 radical (unpaired) electrons. The zero-order valence-corrected chi connectivity index (χ0v) is 18.4. The van der Waals surface area contributed by atoms with Crippen LogP contribution in [-0.2, 0) is 4.79 Å². The minimum atomic E-state index is -0.456. The molecule has 1 aromatic carbocycles. The summed E-state index contributed by atoms with van der Waals surface area (Å²) in [5.41, 5.74) is 2.73. The van der Waals surface area contributed by atoms with E-state index < -0.39 is 6.04 Å². The molecule has 0 saturated carbocycles. The molecule has 160 valence electrons. The Hall–Kier alpha value is -3.33. The first-order valence-corrected chi connectivity index (χ1v) is 11.1. The van der Waals surface area contributed by atoms with Crippen molar-refractivity contribution in [3.8, 4) is 5.75 Å². The highest BCUT2D eigenvalue weighted by atomic mass is 32.2. The molecule has 9 heteroatoms. The van der Waals surface area contributed by atoms with E-state index in [0.29, 0.717) is 40.4 Å². The molecule has 1 aliphatic rings. The fraction of sp³-hybridized carbons (Fsp3) is 0.273. The van der Waals surface area contributed by atoms with Crippen molar-refractivity contribution in [3.63, 3.8) is 0 Å². The Morgan fingerprint density at radius 1 is 1.26 bits per heavy atom. The van der Waals surface area contributed by atoms with Gasteiger partial charge in [-0.25, -0.2) is 4.68 Å². The summed E-state index contributed by atoms with van der Waals surface area (Å²) >= 11 is 1.55. The molecule has 3 heterocycles. The number of hydrogen-bond acceptors (Lipinski definition) is 7.